The van der Waals surface area contributed by atoms with Gasteiger partial charge in [0.25, 0.3) is 0 Å². The summed E-state index contributed by atoms with van der Waals surface area (Å²) >= 11 is 3.81. The van der Waals surface area contributed by atoms with Gasteiger partial charge < -0.3 is 19.1 Å². The van der Waals surface area contributed by atoms with Crippen molar-refractivity contribution in [1.29, 1.82) is 0 Å². The van der Waals surface area contributed by atoms with Crippen LogP contribution in [0.15, 0.2) is 75.5 Å². The molecule has 0 atom stereocenters. The second-order valence-electron chi connectivity index (χ2n) is 14.9. The highest BCUT2D eigenvalue weighted by Gasteiger charge is 2.49. The molecule has 3 aliphatic rings. The molecule has 0 amide bonds. The fourth-order valence-electron chi connectivity index (χ4n) is 7.85. The van der Waals surface area contributed by atoms with E-state index in [0.29, 0.717) is 44.1 Å². The van der Waals surface area contributed by atoms with Crippen molar-refractivity contribution in [3.05, 3.63) is 92.2 Å². The first-order valence-electron chi connectivity index (χ1n) is 16.6. The van der Waals surface area contributed by atoms with Crippen LogP contribution in [0.25, 0.3) is 10.8 Å². The fraction of sp³-hybridized carbons (Fsp3) is 0.450. The fourth-order valence-corrected chi connectivity index (χ4v) is 8.42. The first kappa shape index (κ1) is 33.5. The van der Waals surface area contributed by atoms with Gasteiger partial charge in [-0.1, -0.05) is 64.1 Å². The Labute approximate surface area is 287 Å². The lowest BCUT2D eigenvalue weighted by molar-refractivity contribution is -0.119. The van der Waals surface area contributed by atoms with Crippen LogP contribution in [0.2, 0.25) is 0 Å². The number of methoxy groups -OCH3 is 2. The topological polar surface area (TPSA) is 65.1 Å². The molecule has 3 aromatic rings. The molecule has 0 N–H and O–H groups in total. The molecule has 0 spiro atoms. The predicted molar refractivity (Wildman–Crippen MR) is 190 cm³/mol. The number of carbonyl (C=O) groups is 2. The van der Waals surface area contributed by atoms with Crippen molar-refractivity contribution in [3.63, 3.8) is 0 Å². The van der Waals surface area contributed by atoms with Crippen molar-refractivity contribution in [1.82, 2.24) is 4.90 Å². The molecule has 0 radical (unpaired) electrons. The largest absolute Gasteiger partial charge is 0.493 e. The van der Waals surface area contributed by atoms with Gasteiger partial charge in [-0.3, -0.25) is 9.59 Å². The summed E-state index contributed by atoms with van der Waals surface area (Å²) in [6.45, 7) is 12.5. The first-order chi connectivity index (χ1) is 22.3. The number of nitrogens with zero attached hydrogens (tertiary/aromatic N) is 1. The Morgan fingerprint density at radius 2 is 1.51 bits per heavy atom. The lowest BCUT2D eigenvalue weighted by Crippen LogP contribution is -2.44. The zero-order valence-electron chi connectivity index (χ0n) is 28.7. The smallest absolute Gasteiger partial charge is 0.175 e. The van der Waals surface area contributed by atoms with Gasteiger partial charge >= 0.3 is 0 Å². The average Bonchev–Trinajstić information content (AvgIpc) is 3.00. The Hall–Kier alpha value is -3.42. The zero-order chi connectivity index (χ0) is 33.7. The van der Waals surface area contributed by atoms with E-state index >= 15 is 0 Å². The molecule has 6 nitrogen and oxygen atoms in total. The minimum absolute atomic E-state index is 0.115. The summed E-state index contributed by atoms with van der Waals surface area (Å²) in [7, 11) is 3.35. The number of allylic oxidation sites excluding steroid dienone is 4. The summed E-state index contributed by atoms with van der Waals surface area (Å²) in [5.41, 5.74) is 6.40. The van der Waals surface area contributed by atoms with Crippen LogP contribution >= 0.6 is 15.9 Å². The third-order valence-corrected chi connectivity index (χ3v) is 10.6. The summed E-state index contributed by atoms with van der Waals surface area (Å²) in [5, 5.41) is 2.33. The molecule has 0 bridgehead atoms. The van der Waals surface area contributed by atoms with Crippen molar-refractivity contribution < 1.29 is 23.8 Å². The minimum Gasteiger partial charge on any atom is -0.493 e. The average molecular weight is 701 g/mol. The highest BCUT2D eigenvalue weighted by atomic mass is 79.9. The first-order valence-corrected chi connectivity index (χ1v) is 17.4. The van der Waals surface area contributed by atoms with Crippen LogP contribution in [0, 0.1) is 17.8 Å². The second-order valence-corrected chi connectivity index (χ2v) is 15.8. The molecule has 2 aliphatic carbocycles. The van der Waals surface area contributed by atoms with E-state index in [2.05, 4.69) is 79.7 Å². The quantitative estimate of drug-likeness (QED) is 0.208. The summed E-state index contributed by atoms with van der Waals surface area (Å²) in [5.74, 6) is 0.918. The van der Waals surface area contributed by atoms with Crippen molar-refractivity contribution in [2.45, 2.75) is 79.2 Å². The highest BCUT2D eigenvalue weighted by Crippen LogP contribution is 2.55. The van der Waals surface area contributed by atoms with E-state index in [4.69, 9.17) is 14.2 Å². The molecule has 6 rings (SSSR count). The van der Waals surface area contributed by atoms with Crippen molar-refractivity contribution in [3.8, 4) is 11.5 Å². The minimum atomic E-state index is -0.467. The van der Waals surface area contributed by atoms with Crippen molar-refractivity contribution in [2.75, 3.05) is 27.4 Å². The molecule has 0 aromatic heterocycles. The summed E-state index contributed by atoms with van der Waals surface area (Å²) in [4.78, 5) is 30.7. The second kappa shape index (κ2) is 12.9. The monoisotopic (exact) mass is 699 g/mol. The Morgan fingerprint density at radius 1 is 0.872 bits per heavy atom. The van der Waals surface area contributed by atoms with Gasteiger partial charge in [0.15, 0.2) is 23.1 Å². The maximum absolute atomic E-state index is 14.2. The molecule has 1 heterocycles. The summed E-state index contributed by atoms with van der Waals surface area (Å²) in [6.07, 6.45) is 3.24. The van der Waals surface area contributed by atoms with Gasteiger partial charge in [-0.25, -0.2) is 0 Å². The Bertz CT molecular complexity index is 1760. The molecule has 0 unspecified atom stereocenters. The van der Waals surface area contributed by atoms with Crippen molar-refractivity contribution >= 4 is 38.3 Å². The van der Waals surface area contributed by atoms with E-state index in [0.717, 1.165) is 68.4 Å². The number of ketones is 2. The summed E-state index contributed by atoms with van der Waals surface area (Å²) < 4.78 is 18.6. The van der Waals surface area contributed by atoms with E-state index in [-0.39, 0.29) is 22.4 Å². The van der Waals surface area contributed by atoms with Crippen LogP contribution < -0.4 is 9.47 Å². The standard InChI is InChI=1S/C40H46BrNO5/c1-24-13-14-25-11-8-9-12-27(25)28(24)23-47-38-29(41)17-26(18-34(38)46-7)35-36-30(19-39(2,3)21-32(36)43)42(15-10-16-45-6)31-20-40(4,5)22-33(44)37(31)35/h8-9,11-14,17-18,35H,10,15-16,19-23H2,1-7H3. The van der Waals surface area contributed by atoms with Gasteiger partial charge in [0.1, 0.15) is 6.61 Å². The maximum atomic E-state index is 14.2. The number of fused-ring (bicyclic) bond motifs is 1. The zero-order valence-corrected chi connectivity index (χ0v) is 30.3. The number of benzene rings is 3. The molecule has 7 heteroatoms. The number of Topliss-reactive ketones (excluding diaryl/α,β-unsaturated/α-hetero) is 2. The van der Waals surface area contributed by atoms with Gasteiger partial charge in [-0.2, -0.15) is 0 Å². The van der Waals surface area contributed by atoms with E-state index in [1.54, 1.807) is 14.2 Å². The van der Waals surface area contributed by atoms with Crippen LogP contribution in [0.3, 0.4) is 0 Å². The van der Waals surface area contributed by atoms with Gasteiger partial charge in [-0.15, -0.1) is 0 Å². The maximum Gasteiger partial charge on any atom is 0.175 e. The molecule has 47 heavy (non-hydrogen) atoms. The van der Waals surface area contributed by atoms with Gasteiger partial charge in [-0.05, 0) is 87.0 Å². The normalized spacial score (nSPS) is 19.3. The number of halogens is 1. The number of hydrogen-bond donors (Lipinski definition) is 0. The van der Waals surface area contributed by atoms with E-state index in [9.17, 15) is 9.59 Å². The molecule has 0 saturated heterocycles. The number of ether oxygens (including phenoxy) is 3. The molecule has 0 fully saturated rings. The third kappa shape index (κ3) is 6.41. The van der Waals surface area contributed by atoms with E-state index < -0.39 is 5.92 Å². The van der Waals surface area contributed by atoms with Crippen LogP contribution in [0.1, 0.15) is 82.4 Å². The van der Waals surface area contributed by atoms with Crippen LogP contribution in [-0.2, 0) is 20.9 Å². The molecular weight excluding hydrogens is 654 g/mol. The lowest BCUT2D eigenvalue weighted by Gasteiger charge is -2.49. The molecule has 0 saturated carbocycles. The molecule has 248 valence electrons. The third-order valence-electron chi connectivity index (χ3n) is 9.97. The number of rotatable bonds is 9. The van der Waals surface area contributed by atoms with Crippen molar-refractivity contribution in [2.24, 2.45) is 10.8 Å². The SMILES string of the molecule is COCCCN1C2=C(C(=O)CC(C)(C)C2)C(c2cc(Br)c(OCc3c(C)ccc4ccccc34)c(OC)c2)C2=C1CC(C)(C)CC2=O. The Balaban J connectivity index is 1.46. The van der Waals surface area contributed by atoms with Crippen LogP contribution in [-0.4, -0.2) is 43.8 Å². The van der Waals surface area contributed by atoms with Crippen LogP contribution in [0.5, 0.6) is 11.5 Å². The van der Waals surface area contributed by atoms with Crippen LogP contribution in [0.4, 0.5) is 0 Å². The molecular formula is C40H46BrNO5. The predicted octanol–water partition coefficient (Wildman–Crippen LogP) is 9.22. The highest BCUT2D eigenvalue weighted by molar-refractivity contribution is 9.10. The molecule has 3 aromatic carbocycles. The summed E-state index contributed by atoms with van der Waals surface area (Å²) in [6, 6.07) is 16.6. The Morgan fingerprint density at radius 3 is 2.13 bits per heavy atom. The van der Waals surface area contributed by atoms with Gasteiger partial charge in [0.2, 0.25) is 0 Å². The van der Waals surface area contributed by atoms with Gasteiger partial charge in [0, 0.05) is 67.1 Å². The lowest BCUT2D eigenvalue weighted by atomic mass is 9.63. The number of carbonyl (C=O) groups excluding carboxylic acids is 2. The number of hydrogen-bond acceptors (Lipinski definition) is 6. The number of aryl methyl sites for hydroxylation is 1. The van der Waals surface area contributed by atoms with Gasteiger partial charge in [0.05, 0.1) is 11.6 Å². The van der Waals surface area contributed by atoms with E-state index in [1.165, 1.54) is 5.39 Å². The van der Waals surface area contributed by atoms with E-state index in [1.807, 2.05) is 24.3 Å². The molecule has 1 aliphatic heterocycles. The Kier molecular flexibility index (Phi) is 9.18.